The molecule has 0 aliphatic rings. The van der Waals surface area contributed by atoms with Crippen molar-refractivity contribution in [2.24, 2.45) is 0 Å². The Labute approximate surface area is 401 Å². The van der Waals surface area contributed by atoms with Crippen molar-refractivity contribution in [3.05, 3.63) is 242 Å². The van der Waals surface area contributed by atoms with Crippen LogP contribution in [0.5, 0.6) is 0 Å². The molecule has 10 aromatic carbocycles. The second-order valence-corrected chi connectivity index (χ2v) is 17.8. The molecule has 0 unspecified atom stereocenters. The van der Waals surface area contributed by atoms with Crippen molar-refractivity contribution in [3.63, 3.8) is 0 Å². The van der Waals surface area contributed by atoms with E-state index in [9.17, 15) is 4.39 Å². The number of para-hydroxylation sites is 4. The molecule has 0 spiro atoms. The first kappa shape index (κ1) is 39.7. The molecule has 4 heterocycles. The summed E-state index contributed by atoms with van der Waals surface area (Å²) in [7, 11) is 0. The van der Waals surface area contributed by atoms with Crippen LogP contribution in [0.3, 0.4) is 0 Å². The van der Waals surface area contributed by atoms with Gasteiger partial charge in [0.15, 0.2) is 17.5 Å². The van der Waals surface area contributed by atoms with Gasteiger partial charge in [-0.25, -0.2) is 19.3 Å². The van der Waals surface area contributed by atoms with Crippen molar-refractivity contribution >= 4 is 65.4 Å². The summed E-state index contributed by atoms with van der Waals surface area (Å²) in [6, 6.07) is 81.4. The summed E-state index contributed by atoms with van der Waals surface area (Å²) in [5.41, 5.74) is 14.1. The van der Waals surface area contributed by atoms with Crippen LogP contribution >= 0.6 is 0 Å². The fraction of sp³-hybridized carbons (Fsp3) is 0. The first-order valence-corrected chi connectivity index (χ1v) is 23.5. The van der Waals surface area contributed by atoms with Gasteiger partial charge in [0.2, 0.25) is 0 Å². The van der Waals surface area contributed by atoms with E-state index >= 15 is 0 Å². The van der Waals surface area contributed by atoms with Crippen molar-refractivity contribution in [1.29, 1.82) is 0 Å². The Bertz CT molecular complexity index is 4020. The van der Waals surface area contributed by atoms with Gasteiger partial charge in [0.25, 0.3) is 0 Å². The van der Waals surface area contributed by atoms with Crippen molar-refractivity contribution in [2.45, 2.75) is 0 Å². The average molecular weight is 899 g/mol. The Morgan fingerprint density at radius 3 is 1.06 bits per heavy atom. The van der Waals surface area contributed by atoms with E-state index in [1.165, 1.54) is 33.7 Å². The molecular formula is C63H39FN6. The van der Waals surface area contributed by atoms with Crippen molar-refractivity contribution in [3.8, 4) is 62.4 Å². The van der Waals surface area contributed by atoms with E-state index in [0.717, 1.165) is 88.8 Å². The average Bonchev–Trinajstić information content (AvgIpc) is 4.07. The molecule has 0 aliphatic heterocycles. The zero-order valence-corrected chi connectivity index (χ0v) is 37.6. The van der Waals surface area contributed by atoms with E-state index in [-0.39, 0.29) is 5.82 Å². The molecule has 14 aromatic rings. The summed E-state index contributed by atoms with van der Waals surface area (Å²) in [6.07, 6.45) is 0. The minimum atomic E-state index is -0.300. The summed E-state index contributed by atoms with van der Waals surface area (Å²) in [5, 5.41) is 7.08. The number of hydrogen-bond acceptors (Lipinski definition) is 3. The van der Waals surface area contributed by atoms with Gasteiger partial charge in [-0.15, -0.1) is 0 Å². The van der Waals surface area contributed by atoms with Gasteiger partial charge in [0, 0.05) is 66.1 Å². The quantitative estimate of drug-likeness (QED) is 0.160. The molecule has 0 fully saturated rings. The van der Waals surface area contributed by atoms with Gasteiger partial charge >= 0.3 is 0 Å². The van der Waals surface area contributed by atoms with E-state index in [2.05, 4.69) is 165 Å². The number of fused-ring (bicyclic) bond motifs is 9. The maximum absolute atomic E-state index is 14.6. The second-order valence-electron chi connectivity index (χ2n) is 17.8. The van der Waals surface area contributed by atoms with E-state index < -0.39 is 0 Å². The largest absolute Gasteiger partial charge is 0.309 e. The number of nitrogens with zero attached hydrogens (tertiary/aromatic N) is 6. The fourth-order valence-corrected chi connectivity index (χ4v) is 10.6. The molecule has 0 saturated heterocycles. The molecule has 328 valence electrons. The van der Waals surface area contributed by atoms with Crippen LogP contribution in [0.2, 0.25) is 0 Å². The topological polar surface area (TPSA) is 53.5 Å². The fourth-order valence-electron chi connectivity index (χ4n) is 10.6. The van der Waals surface area contributed by atoms with Crippen LogP contribution in [0.25, 0.3) is 128 Å². The van der Waals surface area contributed by atoms with Crippen molar-refractivity contribution in [1.82, 2.24) is 28.7 Å². The molecule has 0 N–H and O–H groups in total. The van der Waals surface area contributed by atoms with E-state index in [1.807, 2.05) is 72.8 Å². The summed E-state index contributed by atoms with van der Waals surface area (Å²) in [4.78, 5) is 15.5. The van der Waals surface area contributed by atoms with Crippen molar-refractivity contribution in [2.75, 3.05) is 0 Å². The lowest BCUT2D eigenvalue weighted by Gasteiger charge is -2.16. The van der Waals surface area contributed by atoms with Gasteiger partial charge in [0.1, 0.15) is 5.82 Å². The Morgan fingerprint density at radius 1 is 0.257 bits per heavy atom. The Kier molecular flexibility index (Phi) is 8.97. The third kappa shape index (κ3) is 6.29. The Balaban J connectivity index is 1.05. The second kappa shape index (κ2) is 15.8. The molecule has 7 heteroatoms. The normalized spacial score (nSPS) is 11.8. The lowest BCUT2D eigenvalue weighted by molar-refractivity contribution is 0.628. The number of halogens is 1. The van der Waals surface area contributed by atoms with Crippen LogP contribution in [0.15, 0.2) is 237 Å². The summed E-state index contributed by atoms with van der Waals surface area (Å²) in [6.45, 7) is 0. The van der Waals surface area contributed by atoms with Crippen molar-refractivity contribution < 1.29 is 4.39 Å². The number of benzene rings is 10. The molecule has 0 saturated carbocycles. The molecule has 0 radical (unpaired) electrons. The minimum Gasteiger partial charge on any atom is -0.309 e. The highest BCUT2D eigenvalue weighted by Gasteiger charge is 2.22. The van der Waals surface area contributed by atoms with Crippen LogP contribution in [0.1, 0.15) is 0 Å². The third-order valence-electron chi connectivity index (χ3n) is 13.8. The minimum absolute atomic E-state index is 0.300. The Hall–Kier alpha value is -9.46. The predicted octanol–water partition coefficient (Wildman–Crippen LogP) is 16.0. The van der Waals surface area contributed by atoms with Crippen LogP contribution in [0, 0.1) is 5.82 Å². The SMILES string of the molecule is Fc1ccc(-c2ccc(-n3c4ccc(-n5c6ccccc6c6ccccc65)cc4c4cc(-n5c6ccccc6c6ccccc65)ccc43)cc2-c2nc(-c3ccccc3)nc(-c3ccccc3)n2)cc1. The predicted molar refractivity (Wildman–Crippen MR) is 285 cm³/mol. The zero-order valence-electron chi connectivity index (χ0n) is 37.6. The molecule has 4 aromatic heterocycles. The van der Waals surface area contributed by atoms with Gasteiger partial charge in [-0.3, -0.25) is 0 Å². The zero-order chi connectivity index (χ0) is 46.3. The lowest BCUT2D eigenvalue weighted by atomic mass is 9.98. The van der Waals surface area contributed by atoms with Gasteiger partial charge in [-0.1, -0.05) is 152 Å². The highest BCUT2D eigenvalue weighted by molar-refractivity contribution is 6.14. The first-order valence-electron chi connectivity index (χ1n) is 23.5. The van der Waals surface area contributed by atoms with E-state index in [4.69, 9.17) is 15.0 Å². The number of aromatic nitrogens is 6. The number of hydrogen-bond donors (Lipinski definition) is 0. The van der Waals surface area contributed by atoms with Crippen LogP contribution < -0.4 is 0 Å². The van der Waals surface area contributed by atoms with Crippen LogP contribution in [-0.4, -0.2) is 28.7 Å². The molecule has 70 heavy (non-hydrogen) atoms. The summed E-state index contributed by atoms with van der Waals surface area (Å²) >= 11 is 0. The molecule has 0 bridgehead atoms. The monoisotopic (exact) mass is 898 g/mol. The molecule has 14 rings (SSSR count). The van der Waals surface area contributed by atoms with Gasteiger partial charge in [-0.2, -0.15) is 0 Å². The smallest absolute Gasteiger partial charge is 0.164 e. The van der Waals surface area contributed by atoms with Gasteiger partial charge < -0.3 is 13.7 Å². The molecule has 0 amide bonds. The molecule has 0 atom stereocenters. The van der Waals surface area contributed by atoms with Crippen LogP contribution in [-0.2, 0) is 0 Å². The maximum Gasteiger partial charge on any atom is 0.164 e. The third-order valence-corrected chi connectivity index (χ3v) is 13.8. The lowest BCUT2D eigenvalue weighted by Crippen LogP contribution is -2.02. The van der Waals surface area contributed by atoms with Gasteiger partial charge in [-0.05, 0) is 96.1 Å². The highest BCUT2D eigenvalue weighted by atomic mass is 19.1. The van der Waals surface area contributed by atoms with Gasteiger partial charge in [0.05, 0.1) is 33.1 Å². The van der Waals surface area contributed by atoms with E-state index in [0.29, 0.717) is 17.5 Å². The van der Waals surface area contributed by atoms with Crippen LogP contribution in [0.4, 0.5) is 4.39 Å². The standard InChI is InChI=1S/C63H39FN6/c64-43-29-27-40(28-30-43)47-34-31-44(39-54(47)63-66-61(41-15-3-1-4-16-41)65-62(67-63)42-17-5-2-6-18-42)70-59-35-32-45(68-55-23-11-7-19-48(55)49-20-8-12-24-56(49)68)37-52(59)53-38-46(33-36-60(53)70)69-57-25-13-9-21-50(57)51-22-10-14-26-58(51)69/h1-39H. The molecule has 6 nitrogen and oxygen atoms in total. The summed E-state index contributed by atoms with van der Waals surface area (Å²) < 4.78 is 21.7. The maximum atomic E-state index is 14.6. The molecular weight excluding hydrogens is 860 g/mol. The Morgan fingerprint density at radius 2 is 0.614 bits per heavy atom. The summed E-state index contributed by atoms with van der Waals surface area (Å²) in [5.74, 6) is 1.33. The molecule has 0 aliphatic carbocycles. The first-order chi connectivity index (χ1) is 34.6. The highest BCUT2D eigenvalue weighted by Crippen LogP contribution is 2.41. The number of rotatable bonds is 7. The van der Waals surface area contributed by atoms with E-state index in [1.54, 1.807) is 0 Å².